The SMILES string of the molecule is CCCCC[C@H](O)/C=C/[C@H]1[C@H](O)CC(=O)[C@@H]1CCCCCCC(=O)O.COc1cc2nc(N3CCN(C(=O)c4ccco4)CC3)nc(N)c2cc1OC. The summed E-state index contributed by atoms with van der Waals surface area (Å²) in [6.07, 6.45) is 12.2. The van der Waals surface area contributed by atoms with E-state index >= 15 is 0 Å². The molecule has 3 heterocycles. The number of anilines is 2. The number of aromatic nitrogens is 2. The Hall–Kier alpha value is -4.69. The van der Waals surface area contributed by atoms with Crippen molar-refractivity contribution in [1.29, 1.82) is 0 Å². The van der Waals surface area contributed by atoms with Crippen molar-refractivity contribution >= 4 is 40.3 Å². The highest BCUT2D eigenvalue weighted by Gasteiger charge is 2.39. The van der Waals surface area contributed by atoms with Crippen molar-refractivity contribution < 1.29 is 43.6 Å². The fourth-order valence-corrected chi connectivity index (χ4v) is 6.82. The second kappa shape index (κ2) is 20.5. The van der Waals surface area contributed by atoms with Crippen LogP contribution in [0.5, 0.6) is 11.5 Å². The van der Waals surface area contributed by atoms with Crippen LogP contribution in [0.4, 0.5) is 11.8 Å². The molecule has 14 heteroatoms. The van der Waals surface area contributed by atoms with Crippen molar-refractivity contribution in [3.63, 3.8) is 0 Å². The van der Waals surface area contributed by atoms with E-state index in [0.717, 1.165) is 51.4 Å². The van der Waals surface area contributed by atoms with Crippen LogP contribution in [0.15, 0.2) is 47.1 Å². The van der Waals surface area contributed by atoms with Gasteiger partial charge in [0.25, 0.3) is 5.91 Å². The zero-order valence-electron chi connectivity index (χ0n) is 31.1. The fourth-order valence-electron chi connectivity index (χ4n) is 6.82. The molecule has 5 N–H and O–H groups in total. The molecule has 3 aromatic rings. The predicted molar refractivity (Wildman–Crippen MR) is 201 cm³/mol. The minimum absolute atomic E-state index is 0.105. The number of aliphatic carboxylic acids is 1. The number of hydrogen-bond donors (Lipinski definition) is 4. The average Bonchev–Trinajstić information content (AvgIpc) is 3.79. The maximum Gasteiger partial charge on any atom is 0.303 e. The predicted octanol–water partition coefficient (Wildman–Crippen LogP) is 5.26. The molecule has 53 heavy (non-hydrogen) atoms. The number of aliphatic hydroxyl groups is 2. The van der Waals surface area contributed by atoms with Crippen molar-refractivity contribution in [3.05, 3.63) is 48.4 Å². The van der Waals surface area contributed by atoms with Gasteiger partial charge in [-0.15, -0.1) is 0 Å². The van der Waals surface area contributed by atoms with Gasteiger partial charge in [-0.25, -0.2) is 4.98 Å². The van der Waals surface area contributed by atoms with E-state index in [1.807, 2.05) is 11.0 Å². The number of fused-ring (bicyclic) bond motifs is 1. The topological polar surface area (TPSA) is 202 Å². The highest BCUT2D eigenvalue weighted by atomic mass is 16.5. The number of furan rings is 1. The molecule has 1 saturated heterocycles. The van der Waals surface area contributed by atoms with Gasteiger partial charge >= 0.3 is 5.97 Å². The number of ketones is 1. The average molecular weight is 738 g/mol. The van der Waals surface area contributed by atoms with Crippen LogP contribution in [0.2, 0.25) is 0 Å². The lowest BCUT2D eigenvalue weighted by atomic mass is 9.88. The summed E-state index contributed by atoms with van der Waals surface area (Å²) in [4.78, 5) is 47.9. The number of carbonyl (C=O) groups is 3. The van der Waals surface area contributed by atoms with Crippen LogP contribution in [-0.2, 0) is 9.59 Å². The third-order valence-electron chi connectivity index (χ3n) is 9.85. The molecule has 1 aromatic carbocycles. The Morgan fingerprint density at radius 2 is 1.75 bits per heavy atom. The summed E-state index contributed by atoms with van der Waals surface area (Å²) in [6.45, 7) is 4.42. The number of benzene rings is 1. The maximum absolute atomic E-state index is 12.4. The van der Waals surface area contributed by atoms with Crippen LogP contribution >= 0.6 is 0 Å². The van der Waals surface area contributed by atoms with Gasteiger partial charge in [0.2, 0.25) is 5.95 Å². The number of carboxylic acid groups (broad SMARTS) is 1. The van der Waals surface area contributed by atoms with Gasteiger partial charge in [-0.3, -0.25) is 14.4 Å². The summed E-state index contributed by atoms with van der Waals surface area (Å²) < 4.78 is 15.9. The lowest BCUT2D eigenvalue weighted by Crippen LogP contribution is -2.49. The highest BCUT2D eigenvalue weighted by Crippen LogP contribution is 2.35. The van der Waals surface area contributed by atoms with Crippen LogP contribution < -0.4 is 20.1 Å². The van der Waals surface area contributed by atoms with E-state index in [0.29, 0.717) is 72.5 Å². The Balaban J connectivity index is 0.000000239. The number of carboxylic acids is 1. The number of aliphatic hydroxyl groups excluding tert-OH is 2. The molecule has 1 saturated carbocycles. The summed E-state index contributed by atoms with van der Waals surface area (Å²) in [6, 6.07) is 6.93. The molecule has 1 amide bonds. The van der Waals surface area contributed by atoms with E-state index in [4.69, 9.17) is 24.7 Å². The van der Waals surface area contributed by atoms with Gasteiger partial charge in [0.05, 0.1) is 38.2 Å². The summed E-state index contributed by atoms with van der Waals surface area (Å²) in [5, 5.41) is 29.4. The quantitative estimate of drug-likeness (QED) is 0.103. The summed E-state index contributed by atoms with van der Waals surface area (Å²) in [7, 11) is 3.14. The van der Waals surface area contributed by atoms with E-state index in [2.05, 4.69) is 16.9 Å². The fraction of sp³-hybridized carbons (Fsp3) is 0.564. The summed E-state index contributed by atoms with van der Waals surface area (Å²) in [5.74, 6) is 1.25. The lowest BCUT2D eigenvalue weighted by Gasteiger charge is -2.34. The second-order valence-corrected chi connectivity index (χ2v) is 13.6. The molecule has 0 unspecified atom stereocenters. The molecule has 5 rings (SSSR count). The number of methoxy groups -OCH3 is 2. The zero-order chi connectivity index (χ0) is 38.3. The smallest absolute Gasteiger partial charge is 0.303 e. The largest absolute Gasteiger partial charge is 0.493 e. The Labute approximate surface area is 311 Å². The van der Waals surface area contributed by atoms with Gasteiger partial charge in [-0.05, 0) is 37.5 Å². The Kier molecular flexibility index (Phi) is 15.9. The Morgan fingerprint density at radius 1 is 1.04 bits per heavy atom. The van der Waals surface area contributed by atoms with E-state index < -0.39 is 18.2 Å². The first-order chi connectivity index (χ1) is 25.6. The number of nitrogen functional groups attached to an aromatic ring is 1. The number of Topliss-reactive ketones (excluding diaryl/α,β-unsaturated/α-hetero) is 1. The molecule has 0 spiro atoms. The van der Waals surface area contributed by atoms with Gasteiger partial charge in [-0.1, -0.05) is 57.6 Å². The highest BCUT2D eigenvalue weighted by molar-refractivity contribution is 5.92. The second-order valence-electron chi connectivity index (χ2n) is 13.6. The number of unbranched alkanes of at least 4 members (excludes halogenated alkanes) is 5. The number of nitrogens with two attached hydrogens (primary N) is 1. The van der Waals surface area contributed by atoms with Crippen LogP contribution in [0.3, 0.4) is 0 Å². The van der Waals surface area contributed by atoms with Crippen molar-refractivity contribution in [2.24, 2.45) is 11.8 Å². The van der Waals surface area contributed by atoms with Gasteiger partial charge in [0.1, 0.15) is 11.6 Å². The van der Waals surface area contributed by atoms with Crippen LogP contribution in [0.1, 0.15) is 88.1 Å². The van der Waals surface area contributed by atoms with Gasteiger partial charge < -0.3 is 44.7 Å². The number of ether oxygens (including phenoxy) is 2. The third kappa shape index (κ3) is 11.6. The van der Waals surface area contributed by atoms with Crippen LogP contribution in [0, 0.1) is 11.8 Å². The third-order valence-corrected chi connectivity index (χ3v) is 9.85. The molecule has 1 aliphatic carbocycles. The van der Waals surface area contributed by atoms with Crippen LogP contribution in [-0.4, -0.2) is 100 Å². The Morgan fingerprint density at radius 3 is 2.42 bits per heavy atom. The minimum Gasteiger partial charge on any atom is -0.493 e. The molecule has 1 aliphatic heterocycles. The molecule has 290 valence electrons. The Bertz CT molecular complexity index is 1660. The number of carbonyl (C=O) groups excluding carboxylic acids is 2. The van der Waals surface area contributed by atoms with E-state index in [1.54, 1.807) is 49.5 Å². The molecule has 0 radical (unpaired) electrons. The number of hydrogen-bond acceptors (Lipinski definition) is 12. The van der Waals surface area contributed by atoms with Gasteiger partial charge in [-0.2, -0.15) is 4.98 Å². The standard InChI is InChI=1S/C20H34O5.C19H21N5O4/c1-2-3-6-9-15(21)12-13-17-16(18(22)14-19(17)23)10-7-4-5-8-11-20(24)25;1-26-15-10-12-13(11-16(15)27-2)21-19(22-17(12)20)24-7-5-23(6-8-24)18(25)14-4-3-9-28-14/h12-13,15-17,19,21,23H,2-11,14H2,1H3,(H,24,25);3-4,9-11H,5-8H2,1-2H3,(H2,20,21,22)/b13-12+;/t15-,16+,17+,19+;/m0./s1. The van der Waals surface area contributed by atoms with E-state index in [1.165, 1.54) is 6.26 Å². The van der Waals surface area contributed by atoms with E-state index in [9.17, 15) is 24.6 Å². The first-order valence-corrected chi connectivity index (χ1v) is 18.6. The summed E-state index contributed by atoms with van der Waals surface area (Å²) >= 11 is 0. The number of piperazine rings is 1. The van der Waals surface area contributed by atoms with Gasteiger partial charge in [0.15, 0.2) is 17.3 Å². The van der Waals surface area contributed by atoms with Crippen molar-refractivity contribution in [2.45, 2.75) is 89.8 Å². The first-order valence-electron chi connectivity index (χ1n) is 18.6. The van der Waals surface area contributed by atoms with E-state index in [-0.39, 0.29) is 36.4 Å². The minimum atomic E-state index is -0.767. The normalized spacial score (nSPS) is 19.3. The molecular weight excluding hydrogens is 682 g/mol. The summed E-state index contributed by atoms with van der Waals surface area (Å²) in [5.41, 5.74) is 6.84. The van der Waals surface area contributed by atoms with Crippen LogP contribution in [0.25, 0.3) is 10.9 Å². The van der Waals surface area contributed by atoms with Crippen molar-refractivity contribution in [1.82, 2.24) is 14.9 Å². The van der Waals surface area contributed by atoms with Gasteiger partial charge in [0, 0.05) is 62.3 Å². The lowest BCUT2D eigenvalue weighted by molar-refractivity contribution is -0.137. The number of rotatable bonds is 17. The number of amides is 1. The first kappa shape index (κ1) is 41.1. The van der Waals surface area contributed by atoms with Crippen molar-refractivity contribution in [3.8, 4) is 11.5 Å². The molecule has 2 aliphatic rings. The molecule has 2 aromatic heterocycles. The molecule has 4 atom stereocenters. The molecule has 2 fully saturated rings. The number of nitrogens with zero attached hydrogens (tertiary/aromatic N) is 4. The molecule has 14 nitrogen and oxygen atoms in total. The molecular formula is C39H55N5O9. The maximum atomic E-state index is 12.4. The molecule has 0 bridgehead atoms. The monoisotopic (exact) mass is 737 g/mol. The zero-order valence-corrected chi connectivity index (χ0v) is 31.1. The van der Waals surface area contributed by atoms with Crippen molar-refractivity contribution in [2.75, 3.05) is 51.0 Å².